The number of rotatable bonds is 5. The van der Waals surface area contributed by atoms with Gasteiger partial charge in [-0.3, -0.25) is 4.68 Å². The van der Waals surface area contributed by atoms with Gasteiger partial charge in [-0.05, 0) is 20.4 Å². The van der Waals surface area contributed by atoms with E-state index in [1.807, 2.05) is 28.8 Å². The molecule has 1 unspecified atom stereocenters. The topological polar surface area (TPSA) is 60.6 Å². The van der Waals surface area contributed by atoms with Gasteiger partial charge in [0.1, 0.15) is 0 Å². The zero-order chi connectivity index (χ0) is 13.1. The fourth-order valence-electron chi connectivity index (χ4n) is 2.11. The normalized spacial score (nSPS) is 12.9. The molecule has 0 amide bonds. The third kappa shape index (κ3) is 2.15. The van der Waals surface area contributed by atoms with Crippen molar-refractivity contribution in [3.05, 3.63) is 29.3 Å². The summed E-state index contributed by atoms with van der Waals surface area (Å²) in [4.78, 5) is 0. The molecular formula is C12H20N6. The molecule has 6 heteroatoms. The van der Waals surface area contributed by atoms with Crippen LogP contribution in [0.3, 0.4) is 0 Å². The molecule has 0 bridgehead atoms. The lowest BCUT2D eigenvalue weighted by Gasteiger charge is -2.18. The fourth-order valence-corrected chi connectivity index (χ4v) is 2.11. The van der Waals surface area contributed by atoms with Crippen LogP contribution < -0.4 is 5.32 Å². The second-order valence-electron chi connectivity index (χ2n) is 4.27. The molecule has 0 saturated heterocycles. The maximum Gasteiger partial charge on any atom is 0.0803 e. The molecule has 2 aromatic heterocycles. The van der Waals surface area contributed by atoms with Gasteiger partial charge in [-0.1, -0.05) is 12.1 Å². The minimum Gasteiger partial charge on any atom is -0.305 e. The molecule has 2 aromatic rings. The highest BCUT2D eigenvalue weighted by molar-refractivity contribution is 5.28. The summed E-state index contributed by atoms with van der Waals surface area (Å²) in [7, 11) is 1.96. The lowest BCUT2D eigenvalue weighted by atomic mass is 10.1. The Bertz CT molecular complexity index is 512. The Balaban J connectivity index is 2.43. The zero-order valence-corrected chi connectivity index (χ0v) is 11.4. The average molecular weight is 248 g/mol. The Morgan fingerprint density at radius 2 is 2.11 bits per heavy atom. The van der Waals surface area contributed by atoms with Crippen LogP contribution in [0, 0.1) is 6.92 Å². The van der Waals surface area contributed by atoms with E-state index in [0.717, 1.165) is 24.5 Å². The van der Waals surface area contributed by atoms with Gasteiger partial charge < -0.3 is 5.32 Å². The van der Waals surface area contributed by atoms with E-state index in [4.69, 9.17) is 0 Å². The quantitative estimate of drug-likeness (QED) is 0.859. The number of aromatic nitrogens is 5. The number of nitrogens with zero attached hydrogens (tertiary/aromatic N) is 5. The smallest absolute Gasteiger partial charge is 0.0803 e. The SMILES string of the molecule is CCNC(c1cnn(C)c1C)c1cnnn1CC. The summed E-state index contributed by atoms with van der Waals surface area (Å²) in [5.41, 5.74) is 3.41. The van der Waals surface area contributed by atoms with E-state index in [1.54, 1.807) is 0 Å². The molecule has 6 nitrogen and oxygen atoms in total. The van der Waals surface area contributed by atoms with E-state index >= 15 is 0 Å². The highest BCUT2D eigenvalue weighted by Crippen LogP contribution is 2.23. The van der Waals surface area contributed by atoms with Crippen LogP contribution in [0.5, 0.6) is 0 Å². The van der Waals surface area contributed by atoms with Gasteiger partial charge in [0.25, 0.3) is 0 Å². The second kappa shape index (κ2) is 5.30. The standard InChI is InChI=1S/C12H20N6/c1-5-13-12(10-7-15-17(4)9(10)3)11-8-14-16-18(11)6-2/h7-8,12-13H,5-6H2,1-4H3. The van der Waals surface area contributed by atoms with Crippen molar-refractivity contribution in [3.63, 3.8) is 0 Å². The third-order valence-electron chi connectivity index (χ3n) is 3.24. The van der Waals surface area contributed by atoms with Crippen LogP contribution in [-0.2, 0) is 13.6 Å². The van der Waals surface area contributed by atoms with Gasteiger partial charge in [-0.25, -0.2) is 4.68 Å². The van der Waals surface area contributed by atoms with Gasteiger partial charge in [-0.15, -0.1) is 5.10 Å². The van der Waals surface area contributed by atoms with Crippen molar-refractivity contribution in [2.75, 3.05) is 6.54 Å². The van der Waals surface area contributed by atoms with Crippen molar-refractivity contribution in [1.29, 1.82) is 0 Å². The van der Waals surface area contributed by atoms with E-state index in [-0.39, 0.29) is 6.04 Å². The summed E-state index contributed by atoms with van der Waals surface area (Å²) in [5, 5.41) is 15.9. The molecule has 1 atom stereocenters. The van der Waals surface area contributed by atoms with Crippen LogP contribution >= 0.6 is 0 Å². The van der Waals surface area contributed by atoms with Gasteiger partial charge in [0, 0.05) is 24.8 Å². The van der Waals surface area contributed by atoms with Crippen LogP contribution in [0.4, 0.5) is 0 Å². The monoisotopic (exact) mass is 248 g/mol. The van der Waals surface area contributed by atoms with Crippen molar-refractivity contribution in [2.24, 2.45) is 7.05 Å². The van der Waals surface area contributed by atoms with Crippen molar-refractivity contribution < 1.29 is 0 Å². The Morgan fingerprint density at radius 3 is 2.67 bits per heavy atom. The molecule has 0 aliphatic heterocycles. The highest BCUT2D eigenvalue weighted by atomic mass is 15.4. The molecule has 1 N–H and O–H groups in total. The lowest BCUT2D eigenvalue weighted by Crippen LogP contribution is -2.25. The summed E-state index contributed by atoms with van der Waals surface area (Å²) in [6, 6.07) is 0.0960. The first-order valence-corrected chi connectivity index (χ1v) is 6.29. The number of hydrogen-bond acceptors (Lipinski definition) is 4. The van der Waals surface area contributed by atoms with Crippen LogP contribution in [0.1, 0.15) is 36.8 Å². The predicted octanol–water partition coefficient (Wildman–Crippen LogP) is 1.04. The summed E-state index contributed by atoms with van der Waals surface area (Å²) in [5.74, 6) is 0. The molecule has 2 rings (SSSR count). The second-order valence-corrected chi connectivity index (χ2v) is 4.27. The largest absolute Gasteiger partial charge is 0.305 e. The van der Waals surface area contributed by atoms with Gasteiger partial charge in [-0.2, -0.15) is 5.10 Å². The third-order valence-corrected chi connectivity index (χ3v) is 3.24. The van der Waals surface area contributed by atoms with Crippen LogP contribution in [-0.4, -0.2) is 31.3 Å². The molecule has 0 aliphatic carbocycles. The Kier molecular flexibility index (Phi) is 3.76. The molecule has 0 saturated carbocycles. The van der Waals surface area contributed by atoms with E-state index in [9.17, 15) is 0 Å². The molecule has 0 aliphatic rings. The van der Waals surface area contributed by atoms with Gasteiger partial charge in [0.15, 0.2) is 0 Å². The van der Waals surface area contributed by atoms with Crippen molar-refractivity contribution in [3.8, 4) is 0 Å². The lowest BCUT2D eigenvalue weighted by molar-refractivity contribution is 0.533. The molecule has 0 aromatic carbocycles. The number of hydrogen-bond donors (Lipinski definition) is 1. The summed E-state index contributed by atoms with van der Waals surface area (Å²) in [6.45, 7) is 7.94. The Hall–Kier alpha value is -1.69. The summed E-state index contributed by atoms with van der Waals surface area (Å²) in [6.07, 6.45) is 3.74. The number of nitrogens with one attached hydrogen (secondary N) is 1. The minimum absolute atomic E-state index is 0.0960. The maximum atomic E-state index is 4.31. The molecule has 0 fully saturated rings. The van der Waals surface area contributed by atoms with Gasteiger partial charge in [0.2, 0.25) is 0 Å². The molecule has 0 spiro atoms. The molecule has 0 radical (unpaired) electrons. The van der Waals surface area contributed by atoms with Crippen LogP contribution in [0.25, 0.3) is 0 Å². The Labute approximate surface area is 107 Å². The van der Waals surface area contributed by atoms with E-state index in [1.165, 1.54) is 5.56 Å². The van der Waals surface area contributed by atoms with Gasteiger partial charge in [0.05, 0.1) is 24.1 Å². The van der Waals surface area contributed by atoms with Crippen molar-refractivity contribution >= 4 is 0 Å². The molecular weight excluding hydrogens is 228 g/mol. The first kappa shape index (κ1) is 12.8. The average Bonchev–Trinajstić information content (AvgIpc) is 2.96. The van der Waals surface area contributed by atoms with Crippen LogP contribution in [0.2, 0.25) is 0 Å². The van der Waals surface area contributed by atoms with Crippen molar-refractivity contribution in [1.82, 2.24) is 30.1 Å². The summed E-state index contributed by atoms with van der Waals surface area (Å²) < 4.78 is 3.81. The first-order chi connectivity index (χ1) is 8.69. The molecule has 98 valence electrons. The van der Waals surface area contributed by atoms with Crippen molar-refractivity contribution in [2.45, 2.75) is 33.4 Å². The molecule has 18 heavy (non-hydrogen) atoms. The highest BCUT2D eigenvalue weighted by Gasteiger charge is 2.21. The predicted molar refractivity (Wildman–Crippen MR) is 69.2 cm³/mol. The fraction of sp³-hybridized carbons (Fsp3) is 0.583. The minimum atomic E-state index is 0.0960. The summed E-state index contributed by atoms with van der Waals surface area (Å²) >= 11 is 0. The Morgan fingerprint density at radius 1 is 1.33 bits per heavy atom. The maximum absolute atomic E-state index is 4.31. The van der Waals surface area contributed by atoms with E-state index < -0.39 is 0 Å². The van der Waals surface area contributed by atoms with Crippen LogP contribution in [0.15, 0.2) is 12.4 Å². The molecule has 2 heterocycles. The first-order valence-electron chi connectivity index (χ1n) is 6.29. The number of aryl methyl sites for hydroxylation is 2. The van der Waals surface area contributed by atoms with Gasteiger partial charge >= 0.3 is 0 Å². The van der Waals surface area contributed by atoms with E-state index in [2.05, 4.69) is 41.5 Å². The zero-order valence-electron chi connectivity index (χ0n) is 11.4. The van der Waals surface area contributed by atoms with E-state index in [0.29, 0.717) is 0 Å².